The molecule has 0 aromatic heterocycles. The quantitative estimate of drug-likeness (QED) is 0.0321. The molecule has 0 bridgehead atoms. The molecule has 0 aliphatic heterocycles. The minimum atomic E-state index is -0.853. The standard InChI is InChI=1S/C59H111NO5/c1-3-5-7-9-11-13-15-16-17-18-19-20-22-25-28-32-35-39-43-47-51-57(62)56(55-61)60-58(63)52-48-44-40-36-33-29-26-23-21-24-27-30-34-38-42-46-50-54-65-59(64)53-49-45-41-37-31-14-12-10-8-6-4-2/h10,12,21,24,47,51,56-57,61-62H,3-9,11,13-20,22-23,25-46,48-50,52-55H2,1-2H3,(H,60,63)/b12-10-,24-21-,51-47+. The molecule has 0 rings (SSSR count). The number of rotatable bonds is 53. The predicted molar refractivity (Wildman–Crippen MR) is 283 cm³/mol. The summed E-state index contributed by atoms with van der Waals surface area (Å²) in [5.41, 5.74) is 0. The van der Waals surface area contributed by atoms with Crippen molar-refractivity contribution in [3.63, 3.8) is 0 Å². The Bertz CT molecular complexity index is 1060. The first kappa shape index (κ1) is 63.1. The molecule has 6 heteroatoms. The van der Waals surface area contributed by atoms with Crippen molar-refractivity contribution in [2.24, 2.45) is 0 Å². The molecule has 6 nitrogen and oxygen atoms in total. The van der Waals surface area contributed by atoms with Crippen LogP contribution in [0.15, 0.2) is 36.5 Å². The van der Waals surface area contributed by atoms with Crippen LogP contribution in [-0.4, -0.2) is 47.4 Å². The molecule has 2 unspecified atom stereocenters. The van der Waals surface area contributed by atoms with Crippen molar-refractivity contribution in [3.05, 3.63) is 36.5 Å². The van der Waals surface area contributed by atoms with Crippen molar-refractivity contribution in [1.82, 2.24) is 5.32 Å². The molecule has 0 aliphatic rings. The summed E-state index contributed by atoms with van der Waals surface area (Å²) in [5.74, 6) is -0.0926. The summed E-state index contributed by atoms with van der Waals surface area (Å²) in [5, 5.41) is 23.2. The Labute approximate surface area is 404 Å². The van der Waals surface area contributed by atoms with Crippen LogP contribution in [0.1, 0.15) is 303 Å². The second-order valence-electron chi connectivity index (χ2n) is 19.6. The highest BCUT2D eigenvalue weighted by molar-refractivity contribution is 5.76. The van der Waals surface area contributed by atoms with Crippen molar-refractivity contribution in [3.8, 4) is 0 Å². The molecule has 0 heterocycles. The van der Waals surface area contributed by atoms with Gasteiger partial charge in [-0.3, -0.25) is 9.59 Å². The van der Waals surface area contributed by atoms with Gasteiger partial charge in [-0.2, -0.15) is 0 Å². The van der Waals surface area contributed by atoms with Crippen molar-refractivity contribution in [1.29, 1.82) is 0 Å². The highest BCUT2D eigenvalue weighted by atomic mass is 16.5. The highest BCUT2D eigenvalue weighted by Gasteiger charge is 2.18. The summed E-state index contributed by atoms with van der Waals surface area (Å²) in [7, 11) is 0. The van der Waals surface area contributed by atoms with Crippen molar-refractivity contribution < 1.29 is 24.5 Å². The zero-order valence-electron chi connectivity index (χ0n) is 43.5. The molecule has 0 aromatic rings. The Morgan fingerprint density at radius 1 is 0.415 bits per heavy atom. The molecule has 0 radical (unpaired) electrons. The van der Waals surface area contributed by atoms with Crippen LogP contribution in [0.5, 0.6) is 0 Å². The number of aliphatic hydroxyl groups is 2. The van der Waals surface area contributed by atoms with Crippen molar-refractivity contribution >= 4 is 11.9 Å². The van der Waals surface area contributed by atoms with Gasteiger partial charge < -0.3 is 20.3 Å². The Morgan fingerprint density at radius 2 is 0.738 bits per heavy atom. The molecule has 0 spiro atoms. The minimum absolute atomic E-state index is 0.0140. The number of hydrogen-bond donors (Lipinski definition) is 3. The fourth-order valence-corrected chi connectivity index (χ4v) is 8.67. The van der Waals surface area contributed by atoms with Crippen molar-refractivity contribution in [2.75, 3.05) is 13.2 Å². The number of nitrogens with one attached hydrogen (secondary N) is 1. The van der Waals surface area contributed by atoms with Crippen LogP contribution < -0.4 is 5.32 Å². The van der Waals surface area contributed by atoms with E-state index in [0.29, 0.717) is 19.4 Å². The number of esters is 1. The van der Waals surface area contributed by atoms with Gasteiger partial charge in [0.25, 0.3) is 0 Å². The largest absolute Gasteiger partial charge is 0.466 e. The van der Waals surface area contributed by atoms with Crippen LogP contribution in [-0.2, 0) is 14.3 Å². The van der Waals surface area contributed by atoms with Gasteiger partial charge in [0, 0.05) is 12.8 Å². The average Bonchev–Trinajstić information content (AvgIpc) is 3.31. The van der Waals surface area contributed by atoms with Crippen LogP contribution in [0, 0.1) is 0 Å². The second-order valence-corrected chi connectivity index (χ2v) is 19.6. The first-order valence-corrected chi connectivity index (χ1v) is 28.8. The SMILES string of the molecule is CCCC/C=C\CCCCCCCC(=O)OCCCCCCCC/C=C\CCCCCCCCCC(=O)NC(CO)C(O)/C=C/CCCCCCCCCCCCCCCCCCCC. The van der Waals surface area contributed by atoms with Crippen LogP contribution in [0.2, 0.25) is 0 Å². The number of allylic oxidation sites excluding steroid dienone is 5. The maximum atomic E-state index is 12.5. The molecular weight excluding hydrogens is 803 g/mol. The lowest BCUT2D eigenvalue weighted by Crippen LogP contribution is -2.45. The summed E-state index contributed by atoms with van der Waals surface area (Å²) in [6.45, 7) is 4.85. The zero-order chi connectivity index (χ0) is 47.2. The predicted octanol–water partition coefficient (Wildman–Crippen LogP) is 17.6. The number of carbonyl (C=O) groups is 2. The third-order valence-corrected chi connectivity index (χ3v) is 13.1. The molecule has 382 valence electrons. The molecule has 65 heavy (non-hydrogen) atoms. The van der Waals surface area contributed by atoms with Crippen molar-refractivity contribution in [2.45, 2.75) is 315 Å². The van der Waals surface area contributed by atoms with Gasteiger partial charge in [-0.25, -0.2) is 0 Å². The second kappa shape index (κ2) is 54.7. The lowest BCUT2D eigenvalue weighted by Gasteiger charge is -2.20. The molecule has 0 aliphatic carbocycles. The Morgan fingerprint density at radius 3 is 1.14 bits per heavy atom. The summed E-state index contributed by atoms with van der Waals surface area (Å²) in [4.78, 5) is 24.4. The third kappa shape index (κ3) is 51.3. The van der Waals surface area contributed by atoms with E-state index in [-0.39, 0.29) is 18.5 Å². The van der Waals surface area contributed by atoms with Gasteiger partial charge in [-0.05, 0) is 77.0 Å². The number of aliphatic hydroxyl groups excluding tert-OH is 2. The minimum Gasteiger partial charge on any atom is -0.466 e. The summed E-state index contributed by atoms with van der Waals surface area (Å²) in [6.07, 6.45) is 67.3. The molecular formula is C59H111NO5. The van der Waals surface area contributed by atoms with Gasteiger partial charge >= 0.3 is 5.97 Å². The van der Waals surface area contributed by atoms with Gasteiger partial charge in [0.1, 0.15) is 0 Å². The fraction of sp³-hybridized carbons (Fsp3) is 0.864. The molecule has 0 aromatic carbocycles. The van der Waals surface area contributed by atoms with E-state index in [2.05, 4.69) is 43.5 Å². The molecule has 2 atom stereocenters. The van der Waals surface area contributed by atoms with Gasteiger partial charge in [-0.15, -0.1) is 0 Å². The summed E-state index contributed by atoms with van der Waals surface area (Å²) < 4.78 is 5.44. The average molecular weight is 915 g/mol. The van der Waals surface area contributed by atoms with E-state index >= 15 is 0 Å². The lowest BCUT2D eigenvalue weighted by atomic mass is 10.0. The zero-order valence-corrected chi connectivity index (χ0v) is 43.5. The van der Waals surface area contributed by atoms with Crippen LogP contribution in [0.3, 0.4) is 0 Å². The topological polar surface area (TPSA) is 95.9 Å². The van der Waals surface area contributed by atoms with E-state index in [1.54, 1.807) is 6.08 Å². The number of carbonyl (C=O) groups excluding carboxylic acids is 2. The van der Waals surface area contributed by atoms with E-state index in [1.165, 1.54) is 218 Å². The number of ether oxygens (including phenoxy) is 1. The van der Waals surface area contributed by atoms with Crippen LogP contribution in [0.25, 0.3) is 0 Å². The highest BCUT2D eigenvalue weighted by Crippen LogP contribution is 2.16. The Balaban J connectivity index is 3.51. The summed E-state index contributed by atoms with van der Waals surface area (Å²) in [6, 6.07) is -0.638. The maximum Gasteiger partial charge on any atom is 0.305 e. The molecule has 0 fully saturated rings. The van der Waals surface area contributed by atoms with E-state index in [1.807, 2.05) is 6.08 Å². The molecule has 0 saturated heterocycles. The van der Waals surface area contributed by atoms with E-state index in [0.717, 1.165) is 57.8 Å². The normalized spacial score (nSPS) is 12.9. The summed E-state index contributed by atoms with van der Waals surface area (Å²) >= 11 is 0. The first-order valence-electron chi connectivity index (χ1n) is 28.8. The first-order chi connectivity index (χ1) is 32.0. The fourth-order valence-electron chi connectivity index (χ4n) is 8.67. The number of hydrogen-bond acceptors (Lipinski definition) is 5. The number of amides is 1. The Hall–Kier alpha value is -1.92. The van der Waals surface area contributed by atoms with Gasteiger partial charge in [0.05, 0.1) is 25.4 Å². The van der Waals surface area contributed by atoms with Gasteiger partial charge in [0.2, 0.25) is 5.91 Å². The van der Waals surface area contributed by atoms with Gasteiger partial charge in [-0.1, -0.05) is 249 Å². The van der Waals surface area contributed by atoms with Gasteiger partial charge in [0.15, 0.2) is 0 Å². The smallest absolute Gasteiger partial charge is 0.305 e. The van der Waals surface area contributed by atoms with E-state index in [4.69, 9.17) is 4.74 Å². The van der Waals surface area contributed by atoms with Crippen LogP contribution in [0.4, 0.5) is 0 Å². The Kier molecular flexibility index (Phi) is 53.1. The number of unbranched alkanes of at least 4 members (excludes halogenated alkanes) is 38. The van der Waals surface area contributed by atoms with E-state index in [9.17, 15) is 19.8 Å². The molecule has 1 amide bonds. The van der Waals surface area contributed by atoms with E-state index < -0.39 is 12.1 Å². The maximum absolute atomic E-state index is 12.5. The third-order valence-electron chi connectivity index (χ3n) is 13.1. The monoisotopic (exact) mass is 914 g/mol. The molecule has 0 saturated carbocycles. The molecule has 3 N–H and O–H groups in total. The lowest BCUT2D eigenvalue weighted by molar-refractivity contribution is -0.143. The van der Waals surface area contributed by atoms with Crippen LogP contribution >= 0.6 is 0 Å².